The molecule has 2 aromatic carbocycles. The number of fused-ring (bicyclic) bond motifs is 1. The van der Waals surface area contributed by atoms with E-state index in [9.17, 15) is 10.1 Å². The smallest absolute Gasteiger partial charge is 0.292 e. The minimum atomic E-state index is -0.357. The molecule has 5 heteroatoms. The molecule has 3 aromatic rings. The van der Waals surface area contributed by atoms with Crippen LogP contribution >= 0.6 is 0 Å². The van der Waals surface area contributed by atoms with Crippen molar-refractivity contribution in [3.05, 3.63) is 69.9 Å². The van der Waals surface area contributed by atoms with Gasteiger partial charge in [0, 0.05) is 18.8 Å². The van der Waals surface area contributed by atoms with Gasteiger partial charge in [0.2, 0.25) is 0 Å². The summed E-state index contributed by atoms with van der Waals surface area (Å²) in [6.45, 7) is 2.37. The summed E-state index contributed by atoms with van der Waals surface area (Å²) in [6, 6.07) is 13.2. The van der Waals surface area contributed by atoms with Gasteiger partial charge in [-0.1, -0.05) is 24.3 Å². The minimum absolute atomic E-state index is 0.105. The Morgan fingerprint density at radius 3 is 2.90 bits per heavy atom. The van der Waals surface area contributed by atoms with Crippen LogP contribution in [-0.4, -0.2) is 9.91 Å². The molecule has 0 bridgehead atoms. The van der Waals surface area contributed by atoms with E-state index in [2.05, 4.69) is 10.3 Å². The fraction of sp³-hybridized carbons (Fsp3) is 0.125. The average molecular weight is 281 g/mol. The van der Waals surface area contributed by atoms with E-state index in [1.165, 1.54) is 0 Å². The van der Waals surface area contributed by atoms with Gasteiger partial charge in [0.25, 0.3) is 5.69 Å². The lowest BCUT2D eigenvalue weighted by molar-refractivity contribution is -0.384. The number of nitrogens with zero attached hydrogens (tertiary/aromatic N) is 1. The highest BCUT2D eigenvalue weighted by Gasteiger charge is 2.13. The molecule has 0 amide bonds. The van der Waals surface area contributed by atoms with Crippen LogP contribution in [0.25, 0.3) is 10.9 Å². The summed E-state index contributed by atoms with van der Waals surface area (Å²) < 4.78 is 0. The number of aromatic nitrogens is 1. The van der Waals surface area contributed by atoms with Crippen LogP contribution in [0.2, 0.25) is 0 Å². The number of nitrogens with one attached hydrogen (secondary N) is 2. The van der Waals surface area contributed by atoms with Gasteiger partial charge in [-0.3, -0.25) is 10.1 Å². The Morgan fingerprint density at radius 1 is 1.24 bits per heavy atom. The molecule has 0 saturated carbocycles. The zero-order chi connectivity index (χ0) is 14.8. The maximum atomic E-state index is 11.1. The van der Waals surface area contributed by atoms with E-state index in [0.29, 0.717) is 12.2 Å². The van der Waals surface area contributed by atoms with E-state index in [1.807, 2.05) is 43.5 Å². The largest absolute Gasteiger partial charge is 0.375 e. The second-order valence-electron chi connectivity index (χ2n) is 4.99. The van der Waals surface area contributed by atoms with Crippen LogP contribution in [0.4, 0.5) is 11.4 Å². The van der Waals surface area contributed by atoms with Crippen molar-refractivity contribution in [3.63, 3.8) is 0 Å². The number of hydrogen-bond acceptors (Lipinski definition) is 3. The van der Waals surface area contributed by atoms with Crippen LogP contribution in [0.1, 0.15) is 11.1 Å². The molecule has 0 radical (unpaired) electrons. The van der Waals surface area contributed by atoms with Gasteiger partial charge in [0.15, 0.2) is 0 Å². The molecule has 0 aliphatic rings. The molecule has 0 unspecified atom stereocenters. The Morgan fingerprint density at radius 2 is 2.10 bits per heavy atom. The molecule has 0 aliphatic carbocycles. The predicted octanol–water partition coefficient (Wildman–Crippen LogP) is 4.00. The number of rotatable bonds is 4. The third-order valence-electron chi connectivity index (χ3n) is 3.49. The summed E-state index contributed by atoms with van der Waals surface area (Å²) in [5, 5.41) is 15.4. The number of anilines is 1. The van der Waals surface area contributed by atoms with Crippen molar-refractivity contribution >= 4 is 22.3 Å². The second kappa shape index (κ2) is 5.28. The van der Waals surface area contributed by atoms with Crippen LogP contribution in [0, 0.1) is 17.0 Å². The summed E-state index contributed by atoms with van der Waals surface area (Å²) in [6.07, 6.45) is 1.89. The van der Waals surface area contributed by atoms with Crippen LogP contribution < -0.4 is 5.32 Å². The number of aromatic amines is 1. The quantitative estimate of drug-likeness (QED) is 0.561. The summed E-state index contributed by atoms with van der Waals surface area (Å²) in [4.78, 5) is 14.0. The highest BCUT2D eigenvalue weighted by atomic mass is 16.6. The zero-order valence-corrected chi connectivity index (χ0v) is 11.6. The first-order valence-electron chi connectivity index (χ1n) is 6.69. The van der Waals surface area contributed by atoms with E-state index in [0.717, 1.165) is 22.0 Å². The maximum Gasteiger partial charge on any atom is 0.292 e. The fourth-order valence-electron chi connectivity index (χ4n) is 2.43. The monoisotopic (exact) mass is 281 g/mol. The molecule has 0 spiro atoms. The summed E-state index contributed by atoms with van der Waals surface area (Å²) in [5.74, 6) is 0. The van der Waals surface area contributed by atoms with Gasteiger partial charge in [0.05, 0.1) is 10.4 Å². The molecule has 21 heavy (non-hydrogen) atoms. The molecule has 0 atom stereocenters. The molecule has 5 nitrogen and oxygen atoms in total. The van der Waals surface area contributed by atoms with Crippen molar-refractivity contribution in [3.8, 4) is 0 Å². The molecule has 0 fully saturated rings. The van der Waals surface area contributed by atoms with Gasteiger partial charge in [0.1, 0.15) is 5.69 Å². The number of hydrogen-bond donors (Lipinski definition) is 2. The first-order chi connectivity index (χ1) is 10.1. The molecule has 0 aliphatic heterocycles. The van der Waals surface area contributed by atoms with Crippen molar-refractivity contribution < 1.29 is 4.92 Å². The molecule has 2 N–H and O–H groups in total. The van der Waals surface area contributed by atoms with E-state index >= 15 is 0 Å². The summed E-state index contributed by atoms with van der Waals surface area (Å²) in [7, 11) is 0. The predicted molar refractivity (Wildman–Crippen MR) is 83.5 cm³/mol. The highest BCUT2D eigenvalue weighted by Crippen LogP contribution is 2.26. The molecule has 1 aromatic heterocycles. The van der Waals surface area contributed by atoms with Crippen LogP contribution in [-0.2, 0) is 6.54 Å². The lowest BCUT2D eigenvalue weighted by atomic mass is 10.1. The topological polar surface area (TPSA) is 71.0 Å². The number of benzene rings is 2. The van der Waals surface area contributed by atoms with Gasteiger partial charge >= 0.3 is 0 Å². The zero-order valence-electron chi connectivity index (χ0n) is 11.6. The van der Waals surface area contributed by atoms with Gasteiger partial charge in [-0.25, -0.2) is 0 Å². The van der Waals surface area contributed by atoms with Crippen LogP contribution in [0.5, 0.6) is 0 Å². The average Bonchev–Trinajstić information content (AvgIpc) is 2.94. The number of nitro benzene ring substituents is 1. The number of H-pyrrole nitrogens is 1. The Kier molecular flexibility index (Phi) is 3.31. The summed E-state index contributed by atoms with van der Waals surface area (Å²) >= 11 is 0. The number of nitro groups is 1. The van der Waals surface area contributed by atoms with E-state index in [4.69, 9.17) is 0 Å². The minimum Gasteiger partial charge on any atom is -0.375 e. The number of aryl methyl sites for hydroxylation is 1. The van der Waals surface area contributed by atoms with Crippen molar-refractivity contribution in [2.45, 2.75) is 13.5 Å². The van der Waals surface area contributed by atoms with Crippen molar-refractivity contribution in [2.75, 3.05) is 5.32 Å². The van der Waals surface area contributed by atoms with E-state index < -0.39 is 0 Å². The molecule has 3 rings (SSSR count). The Hall–Kier alpha value is -2.82. The third kappa shape index (κ3) is 2.58. The SMILES string of the molecule is Cc1ccc(NCc2cccc3cc[nH]c23)c([N+](=O)[O-])c1. The van der Waals surface area contributed by atoms with Gasteiger partial charge in [-0.15, -0.1) is 0 Å². The molecule has 1 heterocycles. The van der Waals surface area contributed by atoms with E-state index in [-0.39, 0.29) is 10.6 Å². The molecule has 0 saturated heterocycles. The van der Waals surface area contributed by atoms with Crippen molar-refractivity contribution in [2.24, 2.45) is 0 Å². The van der Waals surface area contributed by atoms with Gasteiger partial charge in [-0.05, 0) is 35.6 Å². The first kappa shape index (κ1) is 13.2. The first-order valence-corrected chi connectivity index (χ1v) is 6.69. The normalized spacial score (nSPS) is 10.7. The Bertz CT molecular complexity index is 808. The standard InChI is InChI=1S/C16H15N3O2/c1-11-5-6-14(15(9-11)19(20)21)18-10-13-4-2-3-12-7-8-17-16(12)13/h2-9,17-18H,10H2,1H3. The van der Waals surface area contributed by atoms with Crippen LogP contribution in [0.3, 0.4) is 0 Å². The molecule has 106 valence electrons. The Labute approximate surface area is 121 Å². The maximum absolute atomic E-state index is 11.1. The summed E-state index contributed by atoms with van der Waals surface area (Å²) in [5.41, 5.74) is 3.65. The lowest BCUT2D eigenvalue weighted by Crippen LogP contribution is -2.03. The fourth-order valence-corrected chi connectivity index (χ4v) is 2.43. The van der Waals surface area contributed by atoms with E-state index in [1.54, 1.807) is 12.1 Å². The third-order valence-corrected chi connectivity index (χ3v) is 3.49. The highest BCUT2D eigenvalue weighted by molar-refractivity contribution is 5.82. The van der Waals surface area contributed by atoms with Crippen molar-refractivity contribution in [1.82, 2.24) is 4.98 Å². The molecular weight excluding hydrogens is 266 g/mol. The van der Waals surface area contributed by atoms with Gasteiger partial charge in [-0.2, -0.15) is 0 Å². The number of para-hydroxylation sites is 1. The van der Waals surface area contributed by atoms with Crippen molar-refractivity contribution in [1.29, 1.82) is 0 Å². The van der Waals surface area contributed by atoms with Gasteiger partial charge < -0.3 is 10.3 Å². The van der Waals surface area contributed by atoms with Crippen LogP contribution in [0.15, 0.2) is 48.7 Å². The Balaban J connectivity index is 1.88. The molecular formula is C16H15N3O2. The second-order valence-corrected chi connectivity index (χ2v) is 4.99. The lowest BCUT2D eigenvalue weighted by Gasteiger charge is -2.09.